The van der Waals surface area contributed by atoms with Crippen molar-refractivity contribution in [2.75, 3.05) is 45.4 Å². The van der Waals surface area contributed by atoms with Crippen molar-refractivity contribution in [2.45, 2.75) is 6.04 Å². The summed E-state index contributed by atoms with van der Waals surface area (Å²) in [5.74, 6) is -0.416. The van der Waals surface area contributed by atoms with Gasteiger partial charge in [-0.05, 0) is 0 Å². The Morgan fingerprint density at radius 2 is 1.96 bits per heavy atom. The number of aliphatic carboxylic acids is 1. The zero-order valence-corrected chi connectivity index (χ0v) is 14.3. The number of carboxylic acids is 1. The van der Waals surface area contributed by atoms with Crippen LogP contribution in [-0.4, -0.2) is 82.8 Å². The Labute approximate surface area is 148 Å². The quantitative estimate of drug-likeness (QED) is 0.464. The van der Waals surface area contributed by atoms with Gasteiger partial charge in [0.15, 0.2) is 6.04 Å². The highest BCUT2D eigenvalue weighted by Gasteiger charge is 2.27. The number of thioether (sulfide) groups is 1. The van der Waals surface area contributed by atoms with E-state index in [-0.39, 0.29) is 31.3 Å². The molecule has 2 rings (SSSR count). The van der Waals surface area contributed by atoms with E-state index in [9.17, 15) is 9.90 Å². The Balaban J connectivity index is 1.76. The molecule has 1 aromatic heterocycles. The molecule has 0 radical (unpaired) electrons. The van der Waals surface area contributed by atoms with Crippen LogP contribution in [0.15, 0.2) is 17.3 Å². The van der Waals surface area contributed by atoms with Crippen LogP contribution in [0.1, 0.15) is 5.69 Å². The lowest BCUT2D eigenvalue weighted by Crippen LogP contribution is -2.17. The highest BCUT2D eigenvalue weighted by Crippen LogP contribution is 2.29. The summed E-state index contributed by atoms with van der Waals surface area (Å²) in [6, 6.07) is 0.597. The van der Waals surface area contributed by atoms with Gasteiger partial charge in [0.05, 0.1) is 39.2 Å². The van der Waals surface area contributed by atoms with Crippen LogP contribution in [0.25, 0.3) is 0 Å². The molecular formula is C15H20N2O7S. The summed E-state index contributed by atoms with van der Waals surface area (Å²) in [4.78, 5) is 19.0. The number of hydrogen-bond donors (Lipinski definition) is 3. The average molecular weight is 372 g/mol. The number of aliphatic hydroxyl groups excluding tert-OH is 1. The Kier molecular flexibility index (Phi) is 7.92. The Morgan fingerprint density at radius 3 is 2.60 bits per heavy atom. The summed E-state index contributed by atoms with van der Waals surface area (Å²) >= 11 is 1.24. The first-order chi connectivity index (χ1) is 12.1. The van der Waals surface area contributed by atoms with E-state index in [0.29, 0.717) is 36.4 Å². The molecule has 10 heteroatoms. The van der Waals surface area contributed by atoms with Gasteiger partial charge in [0.25, 0.3) is 0 Å². The van der Waals surface area contributed by atoms with Gasteiger partial charge in [0.1, 0.15) is 28.8 Å². The Hall–Kier alpha value is -1.88. The molecule has 1 unspecified atom stereocenters. The molecule has 1 atom stereocenters. The second-order valence-electron chi connectivity index (χ2n) is 4.93. The van der Waals surface area contributed by atoms with Crippen LogP contribution in [0.2, 0.25) is 0 Å². The van der Waals surface area contributed by atoms with E-state index in [4.69, 9.17) is 24.4 Å². The summed E-state index contributed by atoms with van der Waals surface area (Å²) in [5, 5.41) is 27.9. The van der Waals surface area contributed by atoms with Crippen molar-refractivity contribution in [3.63, 3.8) is 0 Å². The summed E-state index contributed by atoms with van der Waals surface area (Å²) < 4.78 is 15.7. The van der Waals surface area contributed by atoms with Gasteiger partial charge in [-0.25, -0.2) is 9.78 Å². The number of carbonyl (C=O) groups is 1. The monoisotopic (exact) mass is 372 g/mol. The highest BCUT2D eigenvalue weighted by molar-refractivity contribution is 8.14. The largest absolute Gasteiger partial charge is 0.505 e. The standard InChI is InChI=1S/C15H20N2O7S/c18-1-2-22-3-4-23-5-6-24-10-7-12(19)13(16-8-10)14-17-11(9-25-14)15(20)21/h7-8,11,18-19H,1-6,9H2,(H,20,21). The van der Waals surface area contributed by atoms with E-state index in [2.05, 4.69) is 9.98 Å². The topological polar surface area (TPSA) is 131 Å². The highest BCUT2D eigenvalue weighted by atomic mass is 32.2. The molecule has 0 spiro atoms. The van der Waals surface area contributed by atoms with Crippen molar-refractivity contribution in [3.8, 4) is 11.5 Å². The maximum Gasteiger partial charge on any atom is 0.329 e. The van der Waals surface area contributed by atoms with Crippen molar-refractivity contribution in [1.29, 1.82) is 0 Å². The minimum Gasteiger partial charge on any atom is -0.505 e. The number of aromatic nitrogens is 1. The van der Waals surface area contributed by atoms with Gasteiger partial charge >= 0.3 is 5.97 Å². The molecule has 0 amide bonds. The Morgan fingerprint density at radius 1 is 1.24 bits per heavy atom. The van der Waals surface area contributed by atoms with Gasteiger partial charge in [-0.2, -0.15) is 0 Å². The fourth-order valence-corrected chi connectivity index (χ4v) is 2.94. The number of hydrogen-bond acceptors (Lipinski definition) is 9. The van der Waals surface area contributed by atoms with Crippen LogP contribution in [0.5, 0.6) is 11.5 Å². The fraction of sp³-hybridized carbons (Fsp3) is 0.533. The van der Waals surface area contributed by atoms with Crippen LogP contribution in [0.3, 0.4) is 0 Å². The second kappa shape index (κ2) is 10.2. The first kappa shape index (κ1) is 19.4. The first-order valence-corrected chi connectivity index (χ1v) is 8.62. The van der Waals surface area contributed by atoms with Gasteiger partial charge in [0.2, 0.25) is 0 Å². The Bertz CT molecular complexity index is 612. The van der Waals surface area contributed by atoms with Crippen LogP contribution < -0.4 is 4.74 Å². The second-order valence-corrected chi connectivity index (χ2v) is 5.94. The normalized spacial score (nSPS) is 16.7. The molecule has 25 heavy (non-hydrogen) atoms. The number of aliphatic imine (C=N–C) groups is 1. The molecule has 1 aliphatic rings. The molecular weight excluding hydrogens is 352 g/mol. The van der Waals surface area contributed by atoms with Crippen LogP contribution in [-0.2, 0) is 14.3 Å². The molecule has 2 heterocycles. The minimum atomic E-state index is -0.997. The van der Waals surface area contributed by atoms with Gasteiger partial charge < -0.3 is 29.5 Å². The van der Waals surface area contributed by atoms with Crippen molar-refractivity contribution in [3.05, 3.63) is 18.0 Å². The van der Waals surface area contributed by atoms with Gasteiger partial charge in [-0.3, -0.25) is 4.99 Å². The molecule has 0 fully saturated rings. The first-order valence-electron chi connectivity index (χ1n) is 7.63. The van der Waals surface area contributed by atoms with Crippen LogP contribution in [0.4, 0.5) is 0 Å². The summed E-state index contributed by atoms with van der Waals surface area (Å²) in [7, 11) is 0. The molecule has 9 nitrogen and oxygen atoms in total. The van der Waals surface area contributed by atoms with Crippen LogP contribution >= 0.6 is 11.8 Å². The lowest BCUT2D eigenvalue weighted by atomic mass is 10.3. The van der Waals surface area contributed by atoms with E-state index in [1.165, 1.54) is 24.0 Å². The van der Waals surface area contributed by atoms with Gasteiger partial charge in [0, 0.05) is 11.8 Å². The molecule has 0 aromatic carbocycles. The molecule has 0 saturated heterocycles. The molecule has 0 bridgehead atoms. The predicted molar refractivity (Wildman–Crippen MR) is 90.5 cm³/mol. The van der Waals surface area contributed by atoms with E-state index >= 15 is 0 Å². The van der Waals surface area contributed by atoms with Gasteiger partial charge in [-0.1, -0.05) is 0 Å². The number of ether oxygens (including phenoxy) is 3. The number of aromatic hydroxyl groups is 1. The maximum absolute atomic E-state index is 10.9. The molecule has 0 aliphatic carbocycles. The summed E-state index contributed by atoms with van der Waals surface area (Å²) in [6.45, 7) is 1.68. The minimum absolute atomic E-state index is 0.0164. The van der Waals surface area contributed by atoms with Crippen molar-refractivity contribution < 1.29 is 34.3 Å². The third-order valence-electron chi connectivity index (χ3n) is 3.09. The number of pyridine rings is 1. The smallest absolute Gasteiger partial charge is 0.329 e. The van der Waals surface area contributed by atoms with Crippen molar-refractivity contribution in [1.82, 2.24) is 4.98 Å². The van der Waals surface area contributed by atoms with E-state index in [1.807, 2.05) is 0 Å². The van der Waals surface area contributed by atoms with E-state index in [0.717, 1.165) is 0 Å². The maximum atomic E-state index is 10.9. The predicted octanol–water partition coefficient (Wildman–Crippen LogP) is 0.138. The molecule has 1 aromatic rings. The zero-order valence-electron chi connectivity index (χ0n) is 13.5. The number of rotatable bonds is 11. The fourth-order valence-electron chi connectivity index (χ4n) is 1.91. The molecule has 0 saturated carbocycles. The molecule has 1 aliphatic heterocycles. The molecule has 138 valence electrons. The number of carboxylic acid groups (broad SMARTS) is 1. The number of aliphatic hydroxyl groups is 1. The SMILES string of the molecule is O=C(O)C1CSC(c2ncc(OCCOCCOCCO)cc2O)=N1. The lowest BCUT2D eigenvalue weighted by molar-refractivity contribution is -0.137. The number of nitrogens with zero attached hydrogens (tertiary/aromatic N) is 2. The summed E-state index contributed by atoms with van der Waals surface area (Å²) in [5.41, 5.74) is 0.249. The van der Waals surface area contributed by atoms with E-state index in [1.54, 1.807) is 0 Å². The van der Waals surface area contributed by atoms with Gasteiger partial charge in [-0.15, -0.1) is 11.8 Å². The third kappa shape index (κ3) is 6.16. The summed E-state index contributed by atoms with van der Waals surface area (Å²) in [6.07, 6.45) is 1.44. The van der Waals surface area contributed by atoms with Crippen molar-refractivity contribution >= 4 is 22.8 Å². The average Bonchev–Trinajstić information content (AvgIpc) is 3.07. The zero-order chi connectivity index (χ0) is 18.1. The third-order valence-corrected chi connectivity index (χ3v) is 4.14. The van der Waals surface area contributed by atoms with E-state index < -0.39 is 12.0 Å². The van der Waals surface area contributed by atoms with Crippen molar-refractivity contribution in [2.24, 2.45) is 4.99 Å². The lowest BCUT2D eigenvalue weighted by Gasteiger charge is -2.09. The van der Waals surface area contributed by atoms with Crippen LogP contribution in [0, 0.1) is 0 Å². The molecule has 3 N–H and O–H groups in total.